The largest absolute Gasteiger partial charge is 0.381 e. The lowest BCUT2D eigenvalue weighted by Gasteiger charge is -2.22. The first-order valence-electron chi connectivity index (χ1n) is 11.1. The topological polar surface area (TPSA) is 85.7 Å². The minimum absolute atomic E-state index is 0.138. The van der Waals surface area contributed by atoms with Crippen LogP contribution in [-0.2, 0) is 11.2 Å². The summed E-state index contributed by atoms with van der Waals surface area (Å²) in [7, 11) is 0. The van der Waals surface area contributed by atoms with Crippen LogP contribution in [0.15, 0.2) is 41.3 Å². The summed E-state index contributed by atoms with van der Waals surface area (Å²) < 4.78 is 7.41. The van der Waals surface area contributed by atoms with Gasteiger partial charge in [-0.05, 0) is 57.4 Å². The van der Waals surface area contributed by atoms with Gasteiger partial charge in [0.1, 0.15) is 11.2 Å². The molecule has 4 heterocycles. The predicted molar refractivity (Wildman–Crippen MR) is 124 cm³/mol. The second-order valence-electron chi connectivity index (χ2n) is 8.69. The lowest BCUT2D eigenvalue weighted by Crippen LogP contribution is -2.21. The van der Waals surface area contributed by atoms with Crippen LogP contribution < -0.4 is 5.56 Å². The molecule has 0 saturated carbocycles. The summed E-state index contributed by atoms with van der Waals surface area (Å²) in [5.41, 5.74) is 6.72. The Morgan fingerprint density at radius 2 is 1.84 bits per heavy atom. The Kier molecular flexibility index (Phi) is 5.35. The molecule has 0 bridgehead atoms. The fourth-order valence-electron chi connectivity index (χ4n) is 4.54. The average molecular weight is 430 g/mol. The van der Waals surface area contributed by atoms with E-state index in [1.807, 2.05) is 29.9 Å². The zero-order valence-corrected chi connectivity index (χ0v) is 18.7. The highest BCUT2D eigenvalue weighted by Crippen LogP contribution is 2.25. The molecular formula is C25H27N5O2. The fraction of sp³-hybridized carbons (Fsp3) is 0.360. The highest BCUT2D eigenvalue weighted by molar-refractivity contribution is 5.77. The van der Waals surface area contributed by atoms with Crippen LogP contribution in [0, 0.1) is 20.8 Å². The van der Waals surface area contributed by atoms with Crippen LogP contribution in [0.3, 0.4) is 0 Å². The van der Waals surface area contributed by atoms with E-state index < -0.39 is 0 Å². The van der Waals surface area contributed by atoms with Crippen molar-refractivity contribution in [1.82, 2.24) is 24.7 Å². The standard InChI is InChI=1S/C25H27N5O2/c1-15-10-16(2)12-19(11-15)21-5-4-18(14-26-21)13-22-27-24-23(25(31)28-22)17(3)29-30(24)20-6-8-32-9-7-20/h4-5,10-12,14,20H,6-9,13H2,1-3H3,(H,27,28,31). The monoisotopic (exact) mass is 429 g/mol. The minimum atomic E-state index is -0.138. The minimum Gasteiger partial charge on any atom is -0.381 e. The van der Waals surface area contributed by atoms with Gasteiger partial charge in [-0.15, -0.1) is 0 Å². The van der Waals surface area contributed by atoms with Gasteiger partial charge < -0.3 is 9.72 Å². The summed E-state index contributed by atoms with van der Waals surface area (Å²) in [6, 6.07) is 10.7. The van der Waals surface area contributed by atoms with Crippen molar-refractivity contribution < 1.29 is 4.74 Å². The second kappa shape index (κ2) is 8.31. The molecule has 5 rings (SSSR count). The van der Waals surface area contributed by atoms with Crippen LogP contribution in [0.25, 0.3) is 22.3 Å². The van der Waals surface area contributed by atoms with E-state index in [0.29, 0.717) is 42.2 Å². The van der Waals surface area contributed by atoms with Gasteiger partial charge in [0.15, 0.2) is 5.65 Å². The van der Waals surface area contributed by atoms with Gasteiger partial charge >= 0.3 is 0 Å². The van der Waals surface area contributed by atoms with Crippen LogP contribution in [0.5, 0.6) is 0 Å². The molecule has 7 heteroatoms. The molecule has 0 amide bonds. The van der Waals surface area contributed by atoms with Crippen molar-refractivity contribution in [2.75, 3.05) is 13.2 Å². The highest BCUT2D eigenvalue weighted by atomic mass is 16.5. The number of ether oxygens (including phenoxy) is 1. The van der Waals surface area contributed by atoms with Crippen LogP contribution in [-0.4, -0.2) is 37.9 Å². The number of hydrogen-bond acceptors (Lipinski definition) is 5. The maximum Gasteiger partial charge on any atom is 0.262 e. The molecule has 0 radical (unpaired) electrons. The van der Waals surface area contributed by atoms with E-state index in [1.54, 1.807) is 0 Å². The van der Waals surface area contributed by atoms with Crippen molar-refractivity contribution in [2.24, 2.45) is 0 Å². The summed E-state index contributed by atoms with van der Waals surface area (Å²) >= 11 is 0. The molecule has 3 aromatic heterocycles. The number of hydrogen-bond donors (Lipinski definition) is 1. The Balaban J connectivity index is 1.45. The number of aromatic amines is 1. The molecule has 7 nitrogen and oxygen atoms in total. The maximum atomic E-state index is 12.8. The number of benzene rings is 1. The van der Waals surface area contributed by atoms with Crippen molar-refractivity contribution in [3.05, 3.63) is 75.1 Å². The summed E-state index contributed by atoms with van der Waals surface area (Å²) in [5.74, 6) is 0.622. The van der Waals surface area contributed by atoms with E-state index in [-0.39, 0.29) is 11.6 Å². The van der Waals surface area contributed by atoms with Gasteiger partial charge in [0, 0.05) is 31.4 Å². The molecule has 1 fully saturated rings. The predicted octanol–water partition coefficient (Wildman–Crippen LogP) is 4.05. The molecule has 1 saturated heterocycles. The molecule has 0 atom stereocenters. The van der Waals surface area contributed by atoms with E-state index in [1.165, 1.54) is 11.1 Å². The number of fused-ring (bicyclic) bond motifs is 1. The van der Waals surface area contributed by atoms with Crippen LogP contribution >= 0.6 is 0 Å². The molecule has 0 aliphatic carbocycles. The lowest BCUT2D eigenvalue weighted by molar-refractivity contribution is 0.0672. The Bertz CT molecular complexity index is 1310. The Hall–Kier alpha value is -3.32. The van der Waals surface area contributed by atoms with Crippen LogP contribution in [0.1, 0.15) is 47.1 Å². The summed E-state index contributed by atoms with van der Waals surface area (Å²) in [6.45, 7) is 7.47. The van der Waals surface area contributed by atoms with E-state index in [4.69, 9.17) is 9.72 Å². The van der Waals surface area contributed by atoms with Crippen molar-refractivity contribution in [1.29, 1.82) is 0 Å². The van der Waals surface area contributed by atoms with Crippen molar-refractivity contribution in [2.45, 2.75) is 46.1 Å². The number of nitrogens with one attached hydrogen (secondary N) is 1. The zero-order chi connectivity index (χ0) is 22.2. The van der Waals surface area contributed by atoms with Gasteiger partial charge in [-0.1, -0.05) is 23.3 Å². The molecule has 1 aliphatic rings. The molecule has 1 aliphatic heterocycles. The molecule has 164 valence electrons. The number of H-pyrrole nitrogens is 1. The van der Waals surface area contributed by atoms with Gasteiger partial charge in [0.05, 0.1) is 17.4 Å². The van der Waals surface area contributed by atoms with Gasteiger partial charge in [-0.3, -0.25) is 9.78 Å². The maximum absolute atomic E-state index is 12.8. The van der Waals surface area contributed by atoms with Gasteiger partial charge in [0.25, 0.3) is 5.56 Å². The first kappa shape index (κ1) is 20.6. The fourth-order valence-corrected chi connectivity index (χ4v) is 4.54. The van der Waals surface area contributed by atoms with Gasteiger partial charge in [-0.25, -0.2) is 9.67 Å². The summed E-state index contributed by atoms with van der Waals surface area (Å²) in [5, 5.41) is 5.22. The highest BCUT2D eigenvalue weighted by Gasteiger charge is 2.22. The lowest BCUT2D eigenvalue weighted by atomic mass is 10.0. The Labute approximate surface area is 186 Å². The molecule has 4 aromatic rings. The third-order valence-corrected chi connectivity index (χ3v) is 6.04. The molecule has 1 aromatic carbocycles. The van der Waals surface area contributed by atoms with E-state index >= 15 is 0 Å². The quantitative estimate of drug-likeness (QED) is 0.529. The molecule has 1 N–H and O–H groups in total. The Morgan fingerprint density at radius 1 is 1.09 bits per heavy atom. The normalized spacial score (nSPS) is 14.8. The molecular weight excluding hydrogens is 402 g/mol. The molecule has 0 spiro atoms. The van der Waals surface area contributed by atoms with E-state index in [0.717, 1.165) is 29.7 Å². The zero-order valence-electron chi connectivity index (χ0n) is 18.7. The van der Waals surface area contributed by atoms with Gasteiger partial charge in [0.2, 0.25) is 0 Å². The summed E-state index contributed by atoms with van der Waals surface area (Å²) in [4.78, 5) is 25.2. The molecule has 32 heavy (non-hydrogen) atoms. The summed E-state index contributed by atoms with van der Waals surface area (Å²) in [6.07, 6.45) is 4.12. The third kappa shape index (κ3) is 3.96. The number of rotatable bonds is 4. The first-order chi connectivity index (χ1) is 15.5. The Morgan fingerprint density at radius 3 is 2.53 bits per heavy atom. The smallest absolute Gasteiger partial charge is 0.262 e. The van der Waals surface area contributed by atoms with Crippen molar-refractivity contribution in [3.8, 4) is 11.3 Å². The number of pyridine rings is 1. The van der Waals surface area contributed by atoms with Crippen molar-refractivity contribution in [3.63, 3.8) is 0 Å². The number of nitrogens with zero attached hydrogens (tertiary/aromatic N) is 4. The third-order valence-electron chi connectivity index (χ3n) is 6.04. The van der Waals surface area contributed by atoms with Crippen LogP contribution in [0.4, 0.5) is 0 Å². The second-order valence-corrected chi connectivity index (χ2v) is 8.69. The van der Waals surface area contributed by atoms with E-state index in [2.05, 4.69) is 47.1 Å². The average Bonchev–Trinajstić information content (AvgIpc) is 3.11. The first-order valence-corrected chi connectivity index (χ1v) is 11.1. The molecule has 0 unspecified atom stereocenters. The van der Waals surface area contributed by atoms with E-state index in [9.17, 15) is 4.79 Å². The SMILES string of the molecule is Cc1cc(C)cc(-c2ccc(Cc3nc4c(c(C)nn4C4CCOCC4)c(=O)[nH]3)cn2)c1. The van der Waals surface area contributed by atoms with Crippen molar-refractivity contribution >= 4 is 11.0 Å². The van der Waals surface area contributed by atoms with Gasteiger partial charge in [-0.2, -0.15) is 5.10 Å². The number of aromatic nitrogens is 5. The van der Waals surface area contributed by atoms with Crippen LogP contribution in [0.2, 0.25) is 0 Å². The number of aryl methyl sites for hydroxylation is 3.